The van der Waals surface area contributed by atoms with Crippen molar-refractivity contribution in [1.29, 1.82) is 0 Å². The van der Waals surface area contributed by atoms with Crippen molar-refractivity contribution in [3.63, 3.8) is 0 Å². The fourth-order valence-electron chi connectivity index (χ4n) is 4.67. The molecule has 28 heavy (non-hydrogen) atoms. The van der Waals surface area contributed by atoms with Gasteiger partial charge in [0, 0.05) is 37.2 Å². The Hall–Kier alpha value is -1.95. The van der Waals surface area contributed by atoms with Gasteiger partial charge in [0.05, 0.1) is 0 Å². The molecule has 2 aliphatic heterocycles. The first-order chi connectivity index (χ1) is 13.4. The molecule has 0 spiro atoms. The molecule has 0 atom stereocenters. The molecule has 2 aromatic rings. The van der Waals surface area contributed by atoms with E-state index in [4.69, 9.17) is 0 Å². The van der Waals surface area contributed by atoms with Gasteiger partial charge in [-0.1, -0.05) is 26.8 Å². The highest BCUT2D eigenvalue weighted by molar-refractivity contribution is 5.81. The molecular weight excluding hydrogens is 350 g/mol. The van der Waals surface area contributed by atoms with E-state index < -0.39 is 0 Å². The van der Waals surface area contributed by atoms with Crippen LogP contribution < -0.4 is 0 Å². The van der Waals surface area contributed by atoms with Crippen LogP contribution in [0.15, 0.2) is 24.4 Å². The minimum Gasteiger partial charge on any atom is -0.342 e. The number of amides is 1. The van der Waals surface area contributed by atoms with Gasteiger partial charge in [-0.25, -0.2) is 0 Å². The monoisotopic (exact) mass is 383 g/mol. The van der Waals surface area contributed by atoms with Gasteiger partial charge in [-0.2, -0.15) is 0 Å². The molecule has 6 nitrogen and oxygen atoms in total. The number of hydrogen-bond acceptors (Lipinski definition) is 4. The largest absolute Gasteiger partial charge is 0.342 e. The van der Waals surface area contributed by atoms with Crippen LogP contribution in [0.25, 0.3) is 5.65 Å². The van der Waals surface area contributed by atoms with Crippen LogP contribution in [-0.4, -0.2) is 63.0 Å². The van der Waals surface area contributed by atoms with Crippen molar-refractivity contribution >= 4 is 11.6 Å². The van der Waals surface area contributed by atoms with Gasteiger partial charge in [-0.3, -0.25) is 9.20 Å². The summed E-state index contributed by atoms with van der Waals surface area (Å²) >= 11 is 0. The van der Waals surface area contributed by atoms with Crippen molar-refractivity contribution in [2.45, 2.75) is 52.4 Å². The minimum absolute atomic E-state index is 0.263. The van der Waals surface area contributed by atoms with Crippen LogP contribution in [0, 0.1) is 11.3 Å². The summed E-state index contributed by atoms with van der Waals surface area (Å²) in [5, 5.41) is 8.77. The van der Waals surface area contributed by atoms with Crippen LogP contribution >= 0.6 is 0 Å². The highest BCUT2D eigenvalue weighted by Gasteiger charge is 2.31. The highest BCUT2D eigenvalue weighted by atomic mass is 16.2. The first-order valence-corrected chi connectivity index (χ1v) is 10.7. The molecule has 0 radical (unpaired) electrons. The van der Waals surface area contributed by atoms with E-state index in [2.05, 4.69) is 30.6 Å². The second-order valence-corrected chi connectivity index (χ2v) is 9.55. The zero-order chi connectivity index (χ0) is 19.7. The Kier molecular flexibility index (Phi) is 5.41. The second-order valence-electron chi connectivity index (χ2n) is 9.55. The average Bonchev–Trinajstić information content (AvgIpc) is 3.12. The van der Waals surface area contributed by atoms with E-state index >= 15 is 0 Å². The van der Waals surface area contributed by atoms with Crippen LogP contribution in [0.3, 0.4) is 0 Å². The van der Waals surface area contributed by atoms with Gasteiger partial charge in [0.25, 0.3) is 0 Å². The number of fused-ring (bicyclic) bond motifs is 1. The van der Waals surface area contributed by atoms with E-state index in [1.807, 2.05) is 39.0 Å². The minimum atomic E-state index is -0.263. The Morgan fingerprint density at radius 2 is 1.75 bits per heavy atom. The number of nitrogens with zero attached hydrogens (tertiary/aromatic N) is 5. The van der Waals surface area contributed by atoms with E-state index in [0.717, 1.165) is 69.3 Å². The number of piperidine rings is 2. The van der Waals surface area contributed by atoms with Crippen LogP contribution in [0.5, 0.6) is 0 Å². The van der Waals surface area contributed by atoms with Gasteiger partial charge in [-0.15, -0.1) is 10.2 Å². The van der Waals surface area contributed by atoms with Gasteiger partial charge in [0.2, 0.25) is 5.91 Å². The lowest BCUT2D eigenvalue weighted by Crippen LogP contribution is -2.46. The highest BCUT2D eigenvalue weighted by Crippen LogP contribution is 2.29. The third-order valence-corrected chi connectivity index (χ3v) is 6.35. The maximum Gasteiger partial charge on any atom is 0.227 e. The summed E-state index contributed by atoms with van der Waals surface area (Å²) in [6.07, 6.45) is 6.64. The summed E-state index contributed by atoms with van der Waals surface area (Å²) in [4.78, 5) is 17.1. The molecule has 0 unspecified atom stereocenters. The van der Waals surface area contributed by atoms with Gasteiger partial charge in [-0.05, 0) is 56.8 Å². The molecule has 152 valence electrons. The summed E-state index contributed by atoms with van der Waals surface area (Å²) in [7, 11) is 0. The fourth-order valence-corrected chi connectivity index (χ4v) is 4.67. The molecule has 0 aliphatic carbocycles. The number of carbonyl (C=O) groups is 1. The summed E-state index contributed by atoms with van der Waals surface area (Å²) in [6.45, 7) is 11.3. The zero-order valence-corrected chi connectivity index (χ0v) is 17.5. The third-order valence-electron chi connectivity index (χ3n) is 6.35. The molecule has 2 aromatic heterocycles. The van der Waals surface area contributed by atoms with Crippen molar-refractivity contribution in [3.05, 3.63) is 30.2 Å². The Balaban J connectivity index is 1.26. The summed E-state index contributed by atoms with van der Waals surface area (Å²) in [5.74, 6) is 2.63. The van der Waals surface area contributed by atoms with E-state index in [9.17, 15) is 4.79 Å². The van der Waals surface area contributed by atoms with Crippen LogP contribution in [0.2, 0.25) is 0 Å². The molecule has 0 aromatic carbocycles. The van der Waals surface area contributed by atoms with Crippen LogP contribution in [-0.2, 0) is 4.79 Å². The lowest BCUT2D eigenvalue weighted by molar-refractivity contribution is -0.141. The Morgan fingerprint density at radius 3 is 2.43 bits per heavy atom. The molecule has 0 bridgehead atoms. The van der Waals surface area contributed by atoms with E-state index in [0.29, 0.717) is 11.8 Å². The number of rotatable bonds is 3. The Labute approximate surface area is 167 Å². The number of hydrogen-bond donors (Lipinski definition) is 0. The first-order valence-electron chi connectivity index (χ1n) is 10.7. The van der Waals surface area contributed by atoms with Gasteiger partial charge in [0.15, 0.2) is 5.65 Å². The molecule has 2 saturated heterocycles. The molecule has 0 N–H and O–H groups in total. The zero-order valence-electron chi connectivity index (χ0n) is 17.5. The lowest BCUT2D eigenvalue weighted by atomic mass is 9.90. The van der Waals surface area contributed by atoms with Crippen LogP contribution in [0.4, 0.5) is 0 Å². The molecule has 2 fully saturated rings. The molecule has 0 saturated carbocycles. The fraction of sp³-hybridized carbons (Fsp3) is 0.682. The van der Waals surface area contributed by atoms with E-state index in [1.165, 1.54) is 6.54 Å². The van der Waals surface area contributed by atoms with E-state index in [-0.39, 0.29) is 5.41 Å². The second kappa shape index (κ2) is 7.82. The smallest absolute Gasteiger partial charge is 0.227 e. The molecule has 6 heteroatoms. The van der Waals surface area contributed by atoms with Crippen LogP contribution in [0.1, 0.15) is 58.2 Å². The normalized spacial score (nSPS) is 20.8. The van der Waals surface area contributed by atoms with Crippen molar-refractivity contribution < 1.29 is 4.79 Å². The molecule has 4 heterocycles. The van der Waals surface area contributed by atoms with Crippen molar-refractivity contribution in [3.8, 4) is 0 Å². The Morgan fingerprint density at radius 1 is 1.04 bits per heavy atom. The van der Waals surface area contributed by atoms with Crippen molar-refractivity contribution in [2.75, 3.05) is 32.7 Å². The summed E-state index contributed by atoms with van der Waals surface area (Å²) < 4.78 is 2.14. The summed E-state index contributed by atoms with van der Waals surface area (Å²) in [5.41, 5.74) is 0.678. The predicted molar refractivity (Wildman–Crippen MR) is 110 cm³/mol. The molecular formula is C22H33N5O. The first kappa shape index (κ1) is 19.4. The van der Waals surface area contributed by atoms with Gasteiger partial charge < -0.3 is 9.80 Å². The van der Waals surface area contributed by atoms with Gasteiger partial charge >= 0.3 is 0 Å². The Bertz CT molecular complexity index is 808. The summed E-state index contributed by atoms with van der Waals surface area (Å²) in [6, 6.07) is 6.07. The third kappa shape index (κ3) is 4.07. The van der Waals surface area contributed by atoms with Gasteiger partial charge in [0.1, 0.15) is 5.82 Å². The maximum atomic E-state index is 12.5. The van der Waals surface area contributed by atoms with Crippen molar-refractivity contribution in [2.24, 2.45) is 11.3 Å². The standard InChI is InChI=1S/C22H33N5O/c1-22(2,3)21(28)26-14-7-17(8-15-26)16-25-12-9-18(10-13-25)20-24-23-19-6-4-5-11-27(19)20/h4-6,11,17-18H,7-10,12-16H2,1-3H3. The van der Waals surface area contributed by atoms with Crippen molar-refractivity contribution in [1.82, 2.24) is 24.4 Å². The lowest BCUT2D eigenvalue weighted by Gasteiger charge is -2.39. The predicted octanol–water partition coefficient (Wildman–Crippen LogP) is 3.19. The number of aromatic nitrogens is 3. The molecule has 2 aliphatic rings. The topological polar surface area (TPSA) is 53.7 Å². The molecule has 1 amide bonds. The number of carbonyl (C=O) groups excluding carboxylic acids is 1. The quantitative estimate of drug-likeness (QED) is 0.817. The van der Waals surface area contributed by atoms with E-state index in [1.54, 1.807) is 0 Å². The average molecular weight is 384 g/mol. The molecule has 4 rings (SSSR count). The SMILES string of the molecule is CC(C)(C)C(=O)N1CCC(CN2CCC(c3nnc4ccccn34)CC2)CC1. The number of likely N-dealkylation sites (tertiary alicyclic amines) is 2. The number of pyridine rings is 1. The maximum absolute atomic E-state index is 12.5.